The van der Waals surface area contributed by atoms with E-state index in [-0.39, 0.29) is 6.61 Å². The molecular weight excluding hydrogens is 268 g/mol. The number of hydrogen-bond donors (Lipinski definition) is 1. The number of aromatic nitrogens is 2. The highest BCUT2D eigenvalue weighted by molar-refractivity contribution is 5.55. The van der Waals surface area contributed by atoms with Crippen molar-refractivity contribution in [3.63, 3.8) is 0 Å². The highest BCUT2D eigenvalue weighted by atomic mass is 16.5. The van der Waals surface area contributed by atoms with Crippen molar-refractivity contribution in [1.82, 2.24) is 9.55 Å². The van der Waals surface area contributed by atoms with E-state index in [9.17, 15) is 5.11 Å². The molecule has 1 aromatic carbocycles. The molecule has 0 aliphatic carbocycles. The van der Waals surface area contributed by atoms with Crippen LogP contribution in [0.15, 0.2) is 43.0 Å². The van der Waals surface area contributed by atoms with Crippen molar-refractivity contribution in [3.8, 4) is 11.5 Å². The monoisotopic (exact) mass is 288 g/mol. The number of rotatable bonds is 7. The van der Waals surface area contributed by atoms with E-state index in [0.29, 0.717) is 18.0 Å². The van der Waals surface area contributed by atoms with Crippen LogP contribution in [0.4, 0.5) is 0 Å². The maximum absolute atomic E-state index is 9.96. The second-order valence-corrected chi connectivity index (χ2v) is 4.63. The highest BCUT2D eigenvalue weighted by Crippen LogP contribution is 2.28. The van der Waals surface area contributed by atoms with E-state index in [1.54, 1.807) is 30.4 Å². The molecule has 21 heavy (non-hydrogen) atoms. The van der Waals surface area contributed by atoms with Gasteiger partial charge in [0.2, 0.25) is 0 Å². The molecule has 1 N–H and O–H groups in total. The van der Waals surface area contributed by atoms with Crippen molar-refractivity contribution in [1.29, 1.82) is 0 Å². The fourth-order valence-corrected chi connectivity index (χ4v) is 1.98. The summed E-state index contributed by atoms with van der Waals surface area (Å²) >= 11 is 0. The Labute approximate surface area is 124 Å². The Balaban J connectivity index is 1.95. The van der Waals surface area contributed by atoms with Gasteiger partial charge in [0.15, 0.2) is 11.5 Å². The molecule has 0 spiro atoms. The van der Waals surface area contributed by atoms with E-state index >= 15 is 0 Å². The number of nitrogens with zero attached hydrogens (tertiary/aromatic N) is 2. The number of benzene rings is 1. The van der Waals surface area contributed by atoms with Crippen molar-refractivity contribution < 1.29 is 14.6 Å². The summed E-state index contributed by atoms with van der Waals surface area (Å²) in [4.78, 5) is 3.93. The summed E-state index contributed by atoms with van der Waals surface area (Å²) in [6.45, 7) is 2.60. The lowest BCUT2D eigenvalue weighted by Crippen LogP contribution is -2.23. The van der Waals surface area contributed by atoms with E-state index in [4.69, 9.17) is 9.47 Å². The summed E-state index contributed by atoms with van der Waals surface area (Å²) in [6.07, 6.45) is 8.48. The molecule has 0 amide bonds. The zero-order valence-corrected chi connectivity index (χ0v) is 12.3. The van der Waals surface area contributed by atoms with Crippen LogP contribution in [0.3, 0.4) is 0 Å². The third-order valence-corrected chi connectivity index (χ3v) is 2.96. The van der Waals surface area contributed by atoms with E-state index in [0.717, 1.165) is 5.56 Å². The van der Waals surface area contributed by atoms with Crippen molar-refractivity contribution in [3.05, 3.63) is 48.6 Å². The minimum atomic E-state index is -0.612. The van der Waals surface area contributed by atoms with Crippen molar-refractivity contribution >= 4 is 6.08 Å². The van der Waals surface area contributed by atoms with Crippen LogP contribution in [0.25, 0.3) is 6.08 Å². The molecule has 5 heteroatoms. The molecule has 0 aliphatic rings. The number of aliphatic hydroxyl groups excluding tert-OH is 1. The van der Waals surface area contributed by atoms with Crippen molar-refractivity contribution in [2.75, 3.05) is 13.7 Å². The maximum atomic E-state index is 9.96. The van der Waals surface area contributed by atoms with E-state index in [1.165, 1.54) is 0 Å². The predicted octanol–water partition coefficient (Wildman–Crippen LogP) is 2.36. The number of imidazole rings is 1. The van der Waals surface area contributed by atoms with Crippen LogP contribution in [-0.4, -0.2) is 34.5 Å². The van der Waals surface area contributed by atoms with Gasteiger partial charge in [-0.1, -0.05) is 18.2 Å². The van der Waals surface area contributed by atoms with Crippen LogP contribution < -0.4 is 9.47 Å². The molecule has 2 aromatic rings. The minimum Gasteiger partial charge on any atom is -0.493 e. The van der Waals surface area contributed by atoms with E-state index in [1.807, 2.05) is 37.3 Å². The van der Waals surface area contributed by atoms with Gasteiger partial charge < -0.3 is 19.1 Å². The van der Waals surface area contributed by atoms with Gasteiger partial charge in [-0.25, -0.2) is 4.98 Å². The molecule has 2 rings (SSSR count). The third kappa shape index (κ3) is 4.36. The average molecular weight is 288 g/mol. The molecule has 0 bridgehead atoms. The molecular formula is C16H20N2O3. The van der Waals surface area contributed by atoms with Crippen LogP contribution in [0.2, 0.25) is 0 Å². The lowest BCUT2D eigenvalue weighted by molar-refractivity contribution is 0.0910. The summed E-state index contributed by atoms with van der Waals surface area (Å²) in [5, 5.41) is 9.96. The molecule has 1 heterocycles. The van der Waals surface area contributed by atoms with Gasteiger partial charge in [0, 0.05) is 12.4 Å². The SMILES string of the molecule is CC=Cc1ccc(OCC(O)Cn2ccnc2)c(OC)c1. The lowest BCUT2D eigenvalue weighted by atomic mass is 10.2. The Morgan fingerprint density at radius 3 is 2.90 bits per heavy atom. The van der Waals surface area contributed by atoms with Gasteiger partial charge in [-0.3, -0.25) is 0 Å². The number of hydrogen-bond acceptors (Lipinski definition) is 4. The van der Waals surface area contributed by atoms with E-state index in [2.05, 4.69) is 4.98 Å². The Bertz CT molecular complexity index is 579. The Morgan fingerprint density at radius 2 is 2.24 bits per heavy atom. The van der Waals surface area contributed by atoms with Crippen LogP contribution in [-0.2, 0) is 6.54 Å². The zero-order chi connectivity index (χ0) is 15.1. The van der Waals surface area contributed by atoms with Crippen LogP contribution in [0.1, 0.15) is 12.5 Å². The lowest BCUT2D eigenvalue weighted by Gasteiger charge is -2.15. The second kappa shape index (κ2) is 7.50. The average Bonchev–Trinajstić information content (AvgIpc) is 2.99. The maximum Gasteiger partial charge on any atom is 0.161 e. The Kier molecular flexibility index (Phi) is 5.40. The zero-order valence-electron chi connectivity index (χ0n) is 12.3. The van der Waals surface area contributed by atoms with Crippen molar-refractivity contribution in [2.45, 2.75) is 19.6 Å². The molecule has 5 nitrogen and oxygen atoms in total. The van der Waals surface area contributed by atoms with Crippen molar-refractivity contribution in [2.24, 2.45) is 0 Å². The quantitative estimate of drug-likeness (QED) is 0.850. The molecule has 0 fully saturated rings. The predicted molar refractivity (Wildman–Crippen MR) is 81.4 cm³/mol. The third-order valence-electron chi connectivity index (χ3n) is 2.96. The molecule has 0 saturated carbocycles. The summed E-state index contributed by atoms with van der Waals surface area (Å²) in [6, 6.07) is 5.69. The first-order valence-electron chi connectivity index (χ1n) is 6.80. The first kappa shape index (κ1) is 15.1. The topological polar surface area (TPSA) is 56.5 Å². The molecule has 1 unspecified atom stereocenters. The minimum absolute atomic E-state index is 0.192. The van der Waals surface area contributed by atoms with Gasteiger partial charge >= 0.3 is 0 Å². The standard InChI is InChI=1S/C16H20N2O3/c1-3-4-13-5-6-15(16(9-13)20-2)21-11-14(19)10-18-8-7-17-12-18/h3-9,12,14,19H,10-11H2,1-2H3. The molecule has 0 radical (unpaired) electrons. The Hall–Kier alpha value is -2.27. The molecule has 1 atom stereocenters. The normalized spacial score (nSPS) is 12.5. The van der Waals surface area contributed by atoms with Gasteiger partial charge in [-0.05, 0) is 24.6 Å². The van der Waals surface area contributed by atoms with Gasteiger partial charge in [0.25, 0.3) is 0 Å². The first-order chi connectivity index (χ1) is 10.2. The summed E-state index contributed by atoms with van der Waals surface area (Å²) in [5.74, 6) is 1.27. The number of methoxy groups -OCH3 is 1. The Morgan fingerprint density at radius 1 is 1.38 bits per heavy atom. The first-order valence-corrected chi connectivity index (χ1v) is 6.80. The number of aliphatic hydroxyl groups is 1. The molecule has 1 aromatic heterocycles. The van der Waals surface area contributed by atoms with Gasteiger partial charge in [0.1, 0.15) is 12.7 Å². The van der Waals surface area contributed by atoms with Gasteiger partial charge in [-0.2, -0.15) is 0 Å². The molecule has 112 valence electrons. The largest absolute Gasteiger partial charge is 0.493 e. The van der Waals surface area contributed by atoms with Gasteiger partial charge in [-0.15, -0.1) is 0 Å². The highest BCUT2D eigenvalue weighted by Gasteiger charge is 2.09. The van der Waals surface area contributed by atoms with Crippen LogP contribution in [0, 0.1) is 0 Å². The smallest absolute Gasteiger partial charge is 0.161 e. The summed E-state index contributed by atoms with van der Waals surface area (Å²) in [7, 11) is 1.60. The summed E-state index contributed by atoms with van der Waals surface area (Å²) in [5.41, 5.74) is 1.04. The fraction of sp³-hybridized carbons (Fsp3) is 0.312. The fourth-order valence-electron chi connectivity index (χ4n) is 1.98. The van der Waals surface area contributed by atoms with Gasteiger partial charge in [0.05, 0.1) is 20.0 Å². The molecule has 0 aliphatic heterocycles. The second-order valence-electron chi connectivity index (χ2n) is 4.63. The summed E-state index contributed by atoms with van der Waals surface area (Å²) < 4.78 is 12.8. The number of ether oxygens (including phenoxy) is 2. The molecule has 0 saturated heterocycles. The number of allylic oxidation sites excluding steroid dienone is 1. The van der Waals surface area contributed by atoms with Crippen LogP contribution in [0.5, 0.6) is 11.5 Å². The van der Waals surface area contributed by atoms with Crippen LogP contribution >= 0.6 is 0 Å². The van der Waals surface area contributed by atoms with E-state index < -0.39 is 6.10 Å².